The van der Waals surface area contributed by atoms with Crippen LogP contribution in [0.4, 0.5) is 0 Å². The molecule has 1 aliphatic carbocycles. The van der Waals surface area contributed by atoms with Crippen LogP contribution in [0.15, 0.2) is 212 Å². The van der Waals surface area contributed by atoms with Crippen molar-refractivity contribution in [2.24, 2.45) is 0 Å². The fourth-order valence-corrected chi connectivity index (χ4v) is 11.0. The molecule has 0 N–H and O–H groups in total. The Morgan fingerprint density at radius 3 is 1.24 bits per heavy atom. The van der Waals surface area contributed by atoms with Gasteiger partial charge in [0.25, 0.3) is 0 Å². The van der Waals surface area contributed by atoms with Gasteiger partial charge in [0.15, 0.2) is 7.14 Å². The summed E-state index contributed by atoms with van der Waals surface area (Å²) in [5.41, 5.74) is 14.7. The van der Waals surface area contributed by atoms with E-state index < -0.39 is 7.14 Å². The molecule has 0 bridgehead atoms. The van der Waals surface area contributed by atoms with Gasteiger partial charge >= 0.3 is 0 Å². The molecule has 0 aromatic heterocycles. The highest BCUT2D eigenvalue weighted by Crippen LogP contribution is 2.57. The Morgan fingerprint density at radius 2 is 0.685 bits per heavy atom. The molecule has 0 spiro atoms. The Kier molecular flexibility index (Phi) is 7.83. The minimum absolute atomic E-state index is 0.829. The van der Waals surface area contributed by atoms with E-state index in [1.165, 1.54) is 60.8 Å². The van der Waals surface area contributed by atoms with Crippen LogP contribution in [-0.2, 0) is 4.57 Å². The van der Waals surface area contributed by atoms with E-state index in [0.29, 0.717) is 0 Å². The summed E-state index contributed by atoms with van der Waals surface area (Å²) in [6.45, 7) is 0. The maximum Gasteiger partial charge on any atom is 0.171 e. The van der Waals surface area contributed by atoms with E-state index in [4.69, 9.17) is 0 Å². The fourth-order valence-electron chi connectivity index (χ4n) is 8.40. The normalized spacial score (nSPS) is 11.8. The highest BCUT2D eigenvalue weighted by atomic mass is 31.2. The van der Waals surface area contributed by atoms with Gasteiger partial charge in [-0.25, -0.2) is 0 Å². The second-order valence-electron chi connectivity index (χ2n) is 13.9. The quantitative estimate of drug-likeness (QED) is 0.151. The van der Waals surface area contributed by atoms with Crippen LogP contribution in [0.2, 0.25) is 0 Å². The monoisotopic (exact) mass is 706 g/mol. The second-order valence-corrected chi connectivity index (χ2v) is 16.7. The van der Waals surface area contributed by atoms with E-state index in [9.17, 15) is 4.57 Å². The van der Waals surface area contributed by atoms with Crippen LogP contribution in [-0.4, -0.2) is 0 Å². The van der Waals surface area contributed by atoms with E-state index in [-0.39, 0.29) is 0 Å². The van der Waals surface area contributed by atoms with Gasteiger partial charge in [-0.3, -0.25) is 0 Å². The van der Waals surface area contributed by atoms with Gasteiger partial charge in [0.05, 0.1) is 0 Å². The van der Waals surface area contributed by atoms with Gasteiger partial charge < -0.3 is 4.57 Å². The number of fused-ring (bicyclic) bond motifs is 3. The molecule has 1 nitrogen and oxygen atoms in total. The SMILES string of the molecule is O=P(c1ccccc1)(c1ccccc1)c1ccc(-c2ccc(-c3cc(-c4ccccc4)c4c(c3-c3ccccc3)-c3cccc5cccc-4c35)cc2)cc1. The first-order valence-corrected chi connectivity index (χ1v) is 20.2. The van der Waals surface area contributed by atoms with Crippen molar-refractivity contribution >= 4 is 33.8 Å². The molecule has 0 heterocycles. The van der Waals surface area contributed by atoms with Crippen LogP contribution in [0, 0.1) is 0 Å². The zero-order valence-electron chi connectivity index (χ0n) is 29.6. The zero-order valence-corrected chi connectivity index (χ0v) is 30.5. The summed E-state index contributed by atoms with van der Waals surface area (Å²) in [5.74, 6) is 0. The van der Waals surface area contributed by atoms with Crippen molar-refractivity contribution in [3.8, 4) is 66.8 Å². The first kappa shape index (κ1) is 32.1. The average molecular weight is 707 g/mol. The van der Waals surface area contributed by atoms with Gasteiger partial charge in [0, 0.05) is 15.9 Å². The first-order valence-electron chi connectivity index (χ1n) is 18.5. The Labute approximate surface area is 316 Å². The summed E-state index contributed by atoms with van der Waals surface area (Å²) < 4.78 is 15.0. The molecule has 1 aliphatic rings. The third-order valence-corrected chi connectivity index (χ3v) is 14.0. The molecule has 10 rings (SSSR count). The summed E-state index contributed by atoms with van der Waals surface area (Å²) in [5, 5.41) is 5.09. The predicted octanol–water partition coefficient (Wildman–Crippen LogP) is 12.8. The lowest BCUT2D eigenvalue weighted by molar-refractivity contribution is 0.592. The van der Waals surface area contributed by atoms with Gasteiger partial charge in [-0.15, -0.1) is 0 Å². The average Bonchev–Trinajstić information content (AvgIpc) is 3.60. The van der Waals surface area contributed by atoms with E-state index in [1.807, 2.05) is 72.8 Å². The largest absolute Gasteiger partial charge is 0.309 e. The van der Waals surface area contributed by atoms with E-state index in [2.05, 4.69) is 140 Å². The third kappa shape index (κ3) is 5.20. The van der Waals surface area contributed by atoms with Crippen molar-refractivity contribution in [3.63, 3.8) is 0 Å². The van der Waals surface area contributed by atoms with Gasteiger partial charge in [-0.05, 0) is 83.6 Å². The molecule has 0 radical (unpaired) electrons. The Balaban J connectivity index is 1.12. The summed E-state index contributed by atoms with van der Waals surface area (Å²) in [6.07, 6.45) is 0. The zero-order chi connectivity index (χ0) is 36.1. The molecule has 9 aromatic carbocycles. The number of hydrogen-bond acceptors (Lipinski definition) is 1. The van der Waals surface area contributed by atoms with Crippen molar-refractivity contribution in [1.82, 2.24) is 0 Å². The molecule has 2 heteroatoms. The summed E-state index contributed by atoms with van der Waals surface area (Å²) in [4.78, 5) is 0. The van der Waals surface area contributed by atoms with Gasteiger partial charge in [0.1, 0.15) is 0 Å². The third-order valence-electron chi connectivity index (χ3n) is 10.9. The van der Waals surface area contributed by atoms with Crippen molar-refractivity contribution in [3.05, 3.63) is 212 Å². The lowest BCUT2D eigenvalue weighted by atomic mass is 9.82. The predicted molar refractivity (Wildman–Crippen MR) is 230 cm³/mol. The molecule has 54 heavy (non-hydrogen) atoms. The molecule has 0 amide bonds. The lowest BCUT2D eigenvalue weighted by Crippen LogP contribution is -2.24. The molecule has 0 aliphatic heterocycles. The minimum Gasteiger partial charge on any atom is -0.309 e. The maximum atomic E-state index is 15.0. The number of benzene rings is 9. The van der Waals surface area contributed by atoms with Gasteiger partial charge in [0.2, 0.25) is 0 Å². The molecule has 0 saturated heterocycles. The number of hydrogen-bond donors (Lipinski definition) is 0. The van der Waals surface area contributed by atoms with Gasteiger partial charge in [-0.2, -0.15) is 0 Å². The molecular formula is C52H35OP. The Hall–Kier alpha value is -6.53. The second kappa shape index (κ2) is 13.2. The fraction of sp³-hybridized carbons (Fsp3) is 0. The Morgan fingerprint density at radius 1 is 0.278 bits per heavy atom. The van der Waals surface area contributed by atoms with Crippen molar-refractivity contribution in [2.45, 2.75) is 0 Å². The highest BCUT2D eigenvalue weighted by molar-refractivity contribution is 7.85. The number of rotatable bonds is 7. The highest BCUT2D eigenvalue weighted by Gasteiger charge is 2.31. The topological polar surface area (TPSA) is 17.1 Å². The van der Waals surface area contributed by atoms with Crippen molar-refractivity contribution < 1.29 is 4.57 Å². The van der Waals surface area contributed by atoms with Crippen LogP contribution in [0.25, 0.3) is 77.5 Å². The molecule has 9 aromatic rings. The molecule has 0 saturated carbocycles. The molecule has 254 valence electrons. The summed E-state index contributed by atoms with van der Waals surface area (Å²) >= 11 is 0. The van der Waals surface area contributed by atoms with E-state index in [1.54, 1.807) is 0 Å². The summed E-state index contributed by atoms with van der Waals surface area (Å²) in [6, 6.07) is 74.5. The molecule has 0 unspecified atom stereocenters. The van der Waals surface area contributed by atoms with Crippen LogP contribution in [0.3, 0.4) is 0 Å². The van der Waals surface area contributed by atoms with Crippen molar-refractivity contribution in [1.29, 1.82) is 0 Å². The molecular weight excluding hydrogens is 672 g/mol. The van der Waals surface area contributed by atoms with E-state index in [0.717, 1.165) is 32.6 Å². The minimum atomic E-state index is -3.04. The van der Waals surface area contributed by atoms with Crippen LogP contribution >= 0.6 is 7.14 Å². The lowest BCUT2D eigenvalue weighted by Gasteiger charge is -2.21. The van der Waals surface area contributed by atoms with Crippen LogP contribution in [0.5, 0.6) is 0 Å². The Bertz CT molecular complexity index is 2800. The van der Waals surface area contributed by atoms with Gasteiger partial charge in [-0.1, -0.05) is 206 Å². The summed E-state index contributed by atoms with van der Waals surface area (Å²) in [7, 11) is -3.04. The van der Waals surface area contributed by atoms with E-state index >= 15 is 0 Å². The first-order chi connectivity index (χ1) is 26.7. The smallest absolute Gasteiger partial charge is 0.171 e. The molecule has 0 atom stereocenters. The van der Waals surface area contributed by atoms with Crippen molar-refractivity contribution in [2.75, 3.05) is 0 Å². The van der Waals surface area contributed by atoms with Crippen LogP contribution in [0.1, 0.15) is 0 Å². The standard InChI is InChI=1S/C52H35OP/c53-54(42-21-9-3-10-22-42,43-23-11-4-12-24-43)44-33-31-37(32-34-44)36-27-29-39(30-28-36)47-35-48(38-15-5-1-6-16-38)51-45-25-13-19-40-20-14-26-46(49(40)45)52(51)50(47)41-17-7-2-8-18-41/h1-35H. The maximum absolute atomic E-state index is 15.0. The van der Waals surface area contributed by atoms with Crippen LogP contribution < -0.4 is 15.9 Å². The molecule has 0 fully saturated rings.